The molecule has 9 rings (SSSR count). The van der Waals surface area contributed by atoms with Gasteiger partial charge in [0.1, 0.15) is 67.4 Å². The van der Waals surface area contributed by atoms with Crippen molar-refractivity contribution in [2.45, 2.75) is 146 Å². The van der Waals surface area contributed by atoms with Gasteiger partial charge < -0.3 is 15.3 Å². The van der Waals surface area contributed by atoms with Crippen molar-refractivity contribution in [1.82, 2.24) is 45.0 Å². The highest BCUT2D eigenvalue weighted by atomic mass is 16.3. The van der Waals surface area contributed by atoms with Gasteiger partial charge >= 0.3 is 0 Å². The van der Waals surface area contributed by atoms with Crippen LogP contribution in [0.4, 0.5) is 0 Å². The van der Waals surface area contributed by atoms with E-state index >= 15 is 0 Å². The molecule has 12 nitrogen and oxygen atoms in total. The average Bonchev–Trinajstić information content (AvgIpc) is 4.02. The maximum Gasteiger partial charge on any atom is 0.146 e. The molecule has 382 valence electrons. The Labute approximate surface area is 431 Å². The number of phenols is 3. The molecule has 0 saturated carbocycles. The maximum atomic E-state index is 12.0. The monoisotopic (exact) mass is 982 g/mol. The summed E-state index contributed by atoms with van der Waals surface area (Å²) < 4.78 is 0. The molecule has 0 amide bonds. The van der Waals surface area contributed by atoms with Gasteiger partial charge in [0, 0.05) is 17.5 Å². The predicted octanol–water partition coefficient (Wildman–Crippen LogP) is 14.4. The van der Waals surface area contributed by atoms with Crippen LogP contribution in [-0.2, 0) is 22.7 Å². The smallest absolute Gasteiger partial charge is 0.146 e. The normalized spacial score (nSPS) is 13.0. The van der Waals surface area contributed by atoms with Crippen LogP contribution in [0.15, 0.2) is 115 Å². The van der Waals surface area contributed by atoms with Crippen molar-refractivity contribution < 1.29 is 15.3 Å². The van der Waals surface area contributed by atoms with E-state index in [2.05, 4.69) is 126 Å². The van der Waals surface area contributed by atoms with Crippen molar-refractivity contribution in [3.05, 3.63) is 143 Å². The molecule has 3 heterocycles. The first-order chi connectivity index (χ1) is 34.0. The molecule has 6 aromatic carbocycles. The molecule has 73 heavy (non-hydrogen) atoms. The largest absolute Gasteiger partial charge is 0.506 e. The standard InChI is InChI=1S/C41H50N6O2.C20H25N3O/c1-38(2,3)24-40(7,8)28-20-26(36(48)34(22-28)46-42-30-15-11-12-16-31(30)43-46)19-27-21-29(41(9,10)25-39(4,5)6)23-35(37(27)49)47-44-32-17-13-14-18-33(32)45-47;1-19(2,3)13-20(4,5)14-10-11-18(24)17(12-14)23-21-15-8-6-7-9-16(15)22-23/h11-18,20-23,48-49H,19,24-25H2,1-10H3;6-12,24H,13H2,1-5H3. The van der Waals surface area contributed by atoms with Crippen molar-refractivity contribution >= 4 is 33.1 Å². The van der Waals surface area contributed by atoms with Crippen LogP contribution in [0, 0.1) is 16.2 Å². The van der Waals surface area contributed by atoms with Gasteiger partial charge in [-0.05, 0) is 129 Å². The second kappa shape index (κ2) is 19.1. The van der Waals surface area contributed by atoms with Gasteiger partial charge in [0.05, 0.1) is 0 Å². The van der Waals surface area contributed by atoms with Crippen molar-refractivity contribution in [3.63, 3.8) is 0 Å². The number of hydrogen-bond donors (Lipinski definition) is 3. The lowest BCUT2D eigenvalue weighted by molar-refractivity contribution is 0.283. The highest BCUT2D eigenvalue weighted by molar-refractivity contribution is 5.75. The van der Waals surface area contributed by atoms with Crippen molar-refractivity contribution in [2.24, 2.45) is 16.2 Å². The number of fused-ring (bicyclic) bond motifs is 3. The van der Waals surface area contributed by atoms with E-state index in [1.165, 1.54) is 20.0 Å². The van der Waals surface area contributed by atoms with Gasteiger partial charge in [0.25, 0.3) is 0 Å². The van der Waals surface area contributed by atoms with Crippen molar-refractivity contribution in [2.75, 3.05) is 0 Å². The molecule has 3 aromatic heterocycles. The molecule has 0 aliphatic heterocycles. The molecule has 0 atom stereocenters. The summed E-state index contributed by atoms with van der Waals surface area (Å²) in [5.74, 6) is 0.350. The molecular weight excluding hydrogens is 907 g/mol. The summed E-state index contributed by atoms with van der Waals surface area (Å²) >= 11 is 0. The number of nitrogens with zero attached hydrogens (tertiary/aromatic N) is 9. The number of benzene rings is 6. The number of phenolic OH excluding ortho intramolecular Hbond substituents is 3. The van der Waals surface area contributed by atoms with Gasteiger partial charge in [-0.1, -0.05) is 158 Å². The quantitative estimate of drug-likeness (QED) is 0.115. The molecular formula is C61H75N9O3. The van der Waals surface area contributed by atoms with Gasteiger partial charge in [0.15, 0.2) is 0 Å². The summed E-state index contributed by atoms with van der Waals surface area (Å²) in [5, 5.41) is 62.2. The van der Waals surface area contributed by atoms with E-state index < -0.39 is 0 Å². The van der Waals surface area contributed by atoms with Gasteiger partial charge in [-0.3, -0.25) is 0 Å². The Balaban J connectivity index is 0.000000247. The number of aromatic hydroxyl groups is 3. The van der Waals surface area contributed by atoms with Crippen LogP contribution in [0.1, 0.15) is 151 Å². The average molecular weight is 982 g/mol. The lowest BCUT2D eigenvalue weighted by Crippen LogP contribution is -2.25. The van der Waals surface area contributed by atoms with Crippen LogP contribution >= 0.6 is 0 Å². The molecule has 0 fully saturated rings. The zero-order valence-electron chi connectivity index (χ0n) is 45.7. The maximum absolute atomic E-state index is 12.0. The number of rotatable bonds is 11. The van der Waals surface area contributed by atoms with Crippen molar-refractivity contribution in [3.8, 4) is 34.3 Å². The molecule has 0 bridgehead atoms. The highest BCUT2D eigenvalue weighted by Crippen LogP contribution is 2.44. The van der Waals surface area contributed by atoms with Crippen LogP contribution in [0.3, 0.4) is 0 Å². The lowest BCUT2D eigenvalue weighted by atomic mass is 9.71. The first-order valence-electron chi connectivity index (χ1n) is 25.5. The summed E-state index contributed by atoms with van der Waals surface area (Å²) in [4.78, 5) is 4.59. The van der Waals surface area contributed by atoms with Gasteiger partial charge in [-0.25, -0.2) is 0 Å². The summed E-state index contributed by atoms with van der Waals surface area (Å²) in [5.41, 5.74) is 10.8. The van der Waals surface area contributed by atoms with Gasteiger partial charge in [-0.15, -0.1) is 45.0 Å². The summed E-state index contributed by atoms with van der Waals surface area (Å²) in [6, 6.07) is 37.0. The Morgan fingerprint density at radius 2 is 0.616 bits per heavy atom. The lowest BCUT2D eigenvalue weighted by Gasteiger charge is -2.34. The summed E-state index contributed by atoms with van der Waals surface area (Å²) in [6.07, 6.45) is 3.15. The van der Waals surface area contributed by atoms with Crippen LogP contribution in [0.25, 0.3) is 50.2 Å². The minimum Gasteiger partial charge on any atom is -0.506 e. The fourth-order valence-electron chi connectivity index (χ4n) is 11.2. The molecule has 0 spiro atoms. The Morgan fingerprint density at radius 1 is 0.342 bits per heavy atom. The third-order valence-electron chi connectivity index (χ3n) is 13.5. The Morgan fingerprint density at radius 3 is 0.918 bits per heavy atom. The first kappa shape index (κ1) is 52.2. The molecule has 0 saturated heterocycles. The van der Waals surface area contributed by atoms with E-state index in [0.29, 0.717) is 28.2 Å². The molecule has 0 unspecified atom stereocenters. The molecule has 0 radical (unpaired) electrons. The van der Waals surface area contributed by atoms with Crippen LogP contribution in [0.5, 0.6) is 17.2 Å². The summed E-state index contributed by atoms with van der Waals surface area (Å²) in [7, 11) is 0. The van der Waals surface area contributed by atoms with E-state index in [4.69, 9.17) is 20.4 Å². The van der Waals surface area contributed by atoms with E-state index in [-0.39, 0.29) is 56.2 Å². The highest BCUT2D eigenvalue weighted by Gasteiger charge is 2.33. The second-order valence-corrected chi connectivity index (χ2v) is 25.7. The molecule has 0 aliphatic rings. The zero-order chi connectivity index (χ0) is 53.1. The van der Waals surface area contributed by atoms with Gasteiger partial charge in [-0.2, -0.15) is 0 Å². The third kappa shape index (κ3) is 11.9. The van der Waals surface area contributed by atoms with E-state index in [0.717, 1.165) is 63.5 Å². The fourth-order valence-corrected chi connectivity index (χ4v) is 11.2. The third-order valence-corrected chi connectivity index (χ3v) is 13.5. The summed E-state index contributed by atoms with van der Waals surface area (Å²) in [6.45, 7) is 33.7. The van der Waals surface area contributed by atoms with Gasteiger partial charge in [0.2, 0.25) is 0 Å². The topological polar surface area (TPSA) is 153 Å². The Kier molecular flexibility index (Phi) is 13.7. The molecule has 0 aliphatic carbocycles. The SMILES string of the molecule is CC(C)(C)CC(C)(C)c1cc(Cc2cc(C(C)(C)CC(C)(C)C)cc(-n3nc4ccccc4n3)c2O)c(O)c(-n2nc3ccccc3n2)c1.CC(C)(C)CC(C)(C)c1ccc(O)c(-n2nc3ccccc3n2)c1. The van der Waals surface area contributed by atoms with E-state index in [9.17, 15) is 15.3 Å². The number of aromatic nitrogens is 9. The zero-order valence-corrected chi connectivity index (χ0v) is 45.7. The van der Waals surface area contributed by atoms with E-state index in [1.54, 1.807) is 6.07 Å². The Hall–Kier alpha value is -7.08. The van der Waals surface area contributed by atoms with Crippen LogP contribution in [0.2, 0.25) is 0 Å². The molecule has 9 aromatic rings. The van der Waals surface area contributed by atoms with E-state index in [1.807, 2.05) is 97.1 Å². The Bertz CT molecular complexity index is 3190. The molecule has 3 N–H and O–H groups in total. The second-order valence-electron chi connectivity index (χ2n) is 25.7. The minimum absolute atomic E-state index is 0.00667. The molecule has 12 heteroatoms. The number of hydrogen-bond acceptors (Lipinski definition) is 9. The first-order valence-corrected chi connectivity index (χ1v) is 25.5. The van der Waals surface area contributed by atoms with Crippen LogP contribution < -0.4 is 0 Å². The fraction of sp³-hybridized carbons (Fsp3) is 0.410. The predicted molar refractivity (Wildman–Crippen MR) is 296 cm³/mol. The van der Waals surface area contributed by atoms with Crippen molar-refractivity contribution in [1.29, 1.82) is 0 Å². The minimum atomic E-state index is -0.231. The van der Waals surface area contributed by atoms with Crippen LogP contribution in [-0.4, -0.2) is 60.3 Å².